The van der Waals surface area contributed by atoms with Crippen LogP contribution in [0.3, 0.4) is 0 Å². The van der Waals surface area contributed by atoms with E-state index in [1.54, 1.807) is 15.5 Å². The van der Waals surface area contributed by atoms with Gasteiger partial charge in [-0.1, -0.05) is 0 Å². The van der Waals surface area contributed by atoms with E-state index in [0.29, 0.717) is 31.8 Å². The first-order valence-electron chi connectivity index (χ1n) is 8.44. The van der Waals surface area contributed by atoms with Crippen molar-refractivity contribution in [3.8, 4) is 0 Å². The van der Waals surface area contributed by atoms with Gasteiger partial charge in [-0.3, -0.25) is 4.79 Å². The van der Waals surface area contributed by atoms with Crippen LogP contribution in [-0.4, -0.2) is 55.0 Å². The van der Waals surface area contributed by atoms with Crippen LogP contribution < -0.4 is 0 Å². The number of furan rings is 1. The number of nitrogens with zero attached hydrogens (tertiary/aromatic N) is 2. The summed E-state index contributed by atoms with van der Waals surface area (Å²) in [6.45, 7) is 1.75. The largest absolute Gasteiger partial charge is 0.459 e. The summed E-state index contributed by atoms with van der Waals surface area (Å²) in [5, 5.41) is 0. The summed E-state index contributed by atoms with van der Waals surface area (Å²) in [6, 6.07) is -0.0804. The van der Waals surface area contributed by atoms with Crippen molar-refractivity contribution >= 4 is 15.9 Å². The quantitative estimate of drug-likeness (QED) is 0.817. The zero-order valence-corrected chi connectivity index (χ0v) is 14.0. The fourth-order valence-electron chi connectivity index (χ4n) is 4.12. The van der Waals surface area contributed by atoms with Crippen LogP contribution in [0.2, 0.25) is 0 Å². The molecule has 2 aliphatic heterocycles. The lowest BCUT2D eigenvalue weighted by atomic mass is 10.0. The van der Waals surface area contributed by atoms with Gasteiger partial charge < -0.3 is 9.32 Å². The summed E-state index contributed by atoms with van der Waals surface area (Å²) >= 11 is 0. The highest BCUT2D eigenvalue weighted by molar-refractivity contribution is 7.89. The third kappa shape index (κ3) is 2.59. The summed E-state index contributed by atoms with van der Waals surface area (Å²) in [7, 11) is -3.13. The lowest BCUT2D eigenvalue weighted by Crippen LogP contribution is -2.50. The van der Waals surface area contributed by atoms with E-state index in [9.17, 15) is 13.2 Å². The number of hydrogen-bond donors (Lipinski definition) is 0. The van der Waals surface area contributed by atoms with Gasteiger partial charge in [-0.2, -0.15) is 4.31 Å². The summed E-state index contributed by atoms with van der Waals surface area (Å²) in [5.41, 5.74) is 2.22. The van der Waals surface area contributed by atoms with E-state index in [4.69, 9.17) is 4.42 Å². The third-order valence-corrected chi connectivity index (χ3v) is 7.28. The highest BCUT2D eigenvalue weighted by Crippen LogP contribution is 2.30. The predicted octanol–water partition coefficient (Wildman–Crippen LogP) is 1.41. The maximum atomic E-state index is 12.8. The first kappa shape index (κ1) is 15.2. The molecule has 4 rings (SSSR count). The zero-order chi connectivity index (χ0) is 16.0. The molecule has 7 heteroatoms. The second-order valence-corrected chi connectivity index (χ2v) is 8.79. The predicted molar refractivity (Wildman–Crippen MR) is 84.8 cm³/mol. The Morgan fingerprint density at radius 1 is 1.17 bits per heavy atom. The van der Waals surface area contributed by atoms with Crippen molar-refractivity contribution in [2.24, 2.45) is 0 Å². The van der Waals surface area contributed by atoms with Gasteiger partial charge in [-0.05, 0) is 44.1 Å². The van der Waals surface area contributed by atoms with E-state index in [0.717, 1.165) is 43.2 Å². The van der Waals surface area contributed by atoms with Crippen LogP contribution in [0.4, 0.5) is 0 Å². The van der Waals surface area contributed by atoms with Crippen LogP contribution in [0.1, 0.15) is 47.4 Å². The van der Waals surface area contributed by atoms with E-state index < -0.39 is 10.0 Å². The molecule has 0 radical (unpaired) electrons. The molecule has 0 aromatic carbocycles. The second-order valence-electron chi connectivity index (χ2n) is 6.75. The lowest BCUT2D eigenvalue weighted by molar-refractivity contribution is 0.0625. The SMILES string of the molecule is O=C(c1occ2c1CCC2)N1CCCC(N2CCCS2(=O)=O)C1. The molecule has 126 valence electrons. The van der Waals surface area contributed by atoms with Crippen LogP contribution >= 0.6 is 0 Å². The maximum absolute atomic E-state index is 12.8. The Hall–Kier alpha value is -1.34. The average Bonchev–Trinajstić information content (AvgIpc) is 3.21. The highest BCUT2D eigenvalue weighted by Gasteiger charge is 2.38. The van der Waals surface area contributed by atoms with Crippen LogP contribution in [0, 0.1) is 0 Å². The molecule has 3 heterocycles. The summed E-state index contributed by atoms with van der Waals surface area (Å²) in [6.07, 6.45) is 7.05. The standard InChI is InChI=1S/C16H22N2O4S/c19-16(15-14-6-1-4-12(14)11-22-15)17-7-2-5-13(10-17)18-8-3-9-23(18,20)21/h11,13H,1-10H2. The number of fused-ring (bicyclic) bond motifs is 1. The summed E-state index contributed by atoms with van der Waals surface area (Å²) in [5.74, 6) is 0.639. The van der Waals surface area contributed by atoms with Crippen LogP contribution in [-0.2, 0) is 22.9 Å². The Kier molecular flexibility index (Phi) is 3.72. The number of carbonyl (C=O) groups is 1. The van der Waals surface area contributed by atoms with Gasteiger partial charge in [-0.25, -0.2) is 8.42 Å². The van der Waals surface area contributed by atoms with Crippen molar-refractivity contribution in [3.05, 3.63) is 23.2 Å². The minimum Gasteiger partial charge on any atom is -0.459 e. The van der Waals surface area contributed by atoms with Gasteiger partial charge in [0.2, 0.25) is 10.0 Å². The fraction of sp³-hybridized carbons (Fsp3) is 0.688. The van der Waals surface area contributed by atoms with Gasteiger partial charge in [0, 0.05) is 31.2 Å². The van der Waals surface area contributed by atoms with E-state index in [-0.39, 0.29) is 17.7 Å². The van der Waals surface area contributed by atoms with Gasteiger partial charge >= 0.3 is 0 Å². The van der Waals surface area contributed by atoms with E-state index in [2.05, 4.69) is 0 Å². The van der Waals surface area contributed by atoms with Crippen molar-refractivity contribution in [1.82, 2.24) is 9.21 Å². The second kappa shape index (κ2) is 5.63. The molecule has 1 aromatic heterocycles. The Labute approximate surface area is 136 Å². The van der Waals surface area contributed by atoms with Crippen molar-refractivity contribution < 1.29 is 17.6 Å². The number of sulfonamides is 1. The molecule has 1 amide bonds. The molecule has 23 heavy (non-hydrogen) atoms. The van der Waals surface area contributed by atoms with Crippen molar-refractivity contribution in [2.75, 3.05) is 25.4 Å². The number of amides is 1. The third-order valence-electron chi connectivity index (χ3n) is 5.28. The average molecular weight is 338 g/mol. The van der Waals surface area contributed by atoms with Crippen LogP contribution in [0.15, 0.2) is 10.7 Å². The molecule has 0 bridgehead atoms. The molecule has 0 spiro atoms. The number of carbonyl (C=O) groups excluding carboxylic acids is 1. The van der Waals surface area contributed by atoms with Gasteiger partial charge in [0.25, 0.3) is 5.91 Å². The molecule has 1 unspecified atom stereocenters. The number of rotatable bonds is 2. The Balaban J connectivity index is 1.52. The highest BCUT2D eigenvalue weighted by atomic mass is 32.2. The molecule has 0 saturated carbocycles. The monoisotopic (exact) mass is 338 g/mol. The van der Waals surface area contributed by atoms with Crippen molar-refractivity contribution in [2.45, 2.75) is 44.6 Å². The molecule has 2 fully saturated rings. The van der Waals surface area contributed by atoms with Gasteiger partial charge in [-0.15, -0.1) is 0 Å². The molecule has 2 saturated heterocycles. The Morgan fingerprint density at radius 2 is 2.04 bits per heavy atom. The molecular formula is C16H22N2O4S. The lowest BCUT2D eigenvalue weighted by Gasteiger charge is -2.36. The molecule has 0 N–H and O–H groups in total. The smallest absolute Gasteiger partial charge is 0.289 e. The van der Waals surface area contributed by atoms with Gasteiger partial charge in [0.05, 0.1) is 12.0 Å². The normalized spacial score (nSPS) is 27.3. The van der Waals surface area contributed by atoms with Crippen molar-refractivity contribution in [1.29, 1.82) is 0 Å². The maximum Gasteiger partial charge on any atom is 0.289 e. The Bertz CT molecular complexity index is 724. The number of likely N-dealkylation sites (tertiary alicyclic amines) is 1. The molecule has 6 nitrogen and oxygen atoms in total. The van der Waals surface area contributed by atoms with Gasteiger partial charge in [0.1, 0.15) is 0 Å². The fourth-order valence-corrected chi connectivity index (χ4v) is 5.89. The van der Waals surface area contributed by atoms with Gasteiger partial charge in [0.15, 0.2) is 5.76 Å². The zero-order valence-electron chi connectivity index (χ0n) is 13.2. The molecule has 3 aliphatic rings. The van der Waals surface area contributed by atoms with E-state index >= 15 is 0 Å². The Morgan fingerprint density at radius 3 is 2.83 bits per heavy atom. The molecule has 1 aromatic rings. The molecular weight excluding hydrogens is 316 g/mol. The number of aryl methyl sites for hydroxylation is 1. The molecule has 1 aliphatic carbocycles. The van der Waals surface area contributed by atoms with Crippen LogP contribution in [0.5, 0.6) is 0 Å². The summed E-state index contributed by atoms with van der Waals surface area (Å²) in [4.78, 5) is 14.6. The van der Waals surface area contributed by atoms with E-state index in [1.165, 1.54) is 0 Å². The van der Waals surface area contributed by atoms with Crippen LogP contribution in [0.25, 0.3) is 0 Å². The van der Waals surface area contributed by atoms with E-state index in [1.807, 2.05) is 0 Å². The number of piperidine rings is 1. The van der Waals surface area contributed by atoms with Crippen molar-refractivity contribution in [3.63, 3.8) is 0 Å². The minimum absolute atomic E-state index is 0.0746. The summed E-state index contributed by atoms with van der Waals surface area (Å²) < 4.78 is 31.4. The first-order chi connectivity index (χ1) is 11.1. The molecule has 1 atom stereocenters. The number of hydrogen-bond acceptors (Lipinski definition) is 4. The first-order valence-corrected chi connectivity index (χ1v) is 10.1. The minimum atomic E-state index is -3.13. The topological polar surface area (TPSA) is 70.8 Å².